The van der Waals surface area contributed by atoms with Crippen LogP contribution in [0.5, 0.6) is 0 Å². The molecule has 8 heteroatoms. The molecular weight excluding hydrogens is 426 g/mol. The third-order valence-electron chi connectivity index (χ3n) is 5.58. The number of nitriles is 1. The highest BCUT2D eigenvalue weighted by Gasteiger charge is 2.25. The second kappa shape index (κ2) is 12.3. The molecule has 0 bridgehead atoms. The summed E-state index contributed by atoms with van der Waals surface area (Å²) in [4.78, 5) is 13.7. The summed E-state index contributed by atoms with van der Waals surface area (Å²) < 4.78 is 11.0. The van der Waals surface area contributed by atoms with Crippen LogP contribution in [0.25, 0.3) is 0 Å². The van der Waals surface area contributed by atoms with Crippen LogP contribution in [0.4, 0.5) is 17.1 Å². The van der Waals surface area contributed by atoms with Crippen molar-refractivity contribution in [1.82, 2.24) is 0 Å². The SMILES string of the molecule is CCC1COCCN1c1ccc([C@@H](COC)CC(=O)O)cc1Nc1ccc(C#N)cc1.S. The van der Waals surface area contributed by atoms with Crippen LogP contribution in [0.2, 0.25) is 0 Å². The lowest BCUT2D eigenvalue weighted by Crippen LogP contribution is -2.45. The fourth-order valence-corrected chi connectivity index (χ4v) is 3.94. The van der Waals surface area contributed by atoms with Gasteiger partial charge in [-0.2, -0.15) is 18.8 Å². The lowest BCUT2D eigenvalue weighted by Gasteiger charge is -2.38. The maximum atomic E-state index is 11.4. The summed E-state index contributed by atoms with van der Waals surface area (Å²) in [7, 11) is 1.58. The quantitative estimate of drug-likeness (QED) is 0.582. The van der Waals surface area contributed by atoms with Crippen molar-refractivity contribution in [1.29, 1.82) is 5.26 Å². The third-order valence-corrected chi connectivity index (χ3v) is 5.58. The highest BCUT2D eigenvalue weighted by molar-refractivity contribution is 7.59. The highest BCUT2D eigenvalue weighted by Crippen LogP contribution is 2.35. The van der Waals surface area contributed by atoms with Crippen molar-refractivity contribution in [2.75, 3.05) is 43.7 Å². The van der Waals surface area contributed by atoms with Gasteiger partial charge in [0.15, 0.2) is 0 Å². The van der Waals surface area contributed by atoms with Crippen molar-refractivity contribution in [3.63, 3.8) is 0 Å². The molecule has 1 aliphatic rings. The monoisotopic (exact) mass is 457 g/mol. The first-order chi connectivity index (χ1) is 15.0. The van der Waals surface area contributed by atoms with Gasteiger partial charge >= 0.3 is 5.97 Å². The summed E-state index contributed by atoms with van der Waals surface area (Å²) in [6.45, 7) is 4.61. The molecule has 0 saturated carbocycles. The zero-order chi connectivity index (χ0) is 22.2. The zero-order valence-electron chi connectivity index (χ0n) is 18.5. The lowest BCUT2D eigenvalue weighted by molar-refractivity contribution is -0.137. The number of aliphatic carboxylic acids is 1. The molecule has 1 heterocycles. The van der Waals surface area contributed by atoms with Crippen molar-refractivity contribution in [2.45, 2.75) is 31.7 Å². The van der Waals surface area contributed by atoms with Gasteiger partial charge in [0, 0.05) is 25.3 Å². The van der Waals surface area contributed by atoms with E-state index < -0.39 is 5.97 Å². The molecule has 172 valence electrons. The summed E-state index contributed by atoms with van der Waals surface area (Å²) in [5.41, 5.74) is 4.31. The molecule has 2 aromatic carbocycles. The predicted molar refractivity (Wildman–Crippen MR) is 130 cm³/mol. The first kappa shape index (κ1) is 25.5. The van der Waals surface area contributed by atoms with E-state index in [1.54, 1.807) is 19.2 Å². The van der Waals surface area contributed by atoms with Crippen LogP contribution >= 0.6 is 13.5 Å². The van der Waals surface area contributed by atoms with E-state index in [0.717, 1.165) is 35.6 Å². The van der Waals surface area contributed by atoms with E-state index in [2.05, 4.69) is 29.3 Å². The number of anilines is 3. The van der Waals surface area contributed by atoms with Gasteiger partial charge in [0.1, 0.15) is 0 Å². The summed E-state index contributed by atoms with van der Waals surface area (Å²) in [5, 5.41) is 21.9. The van der Waals surface area contributed by atoms with Crippen molar-refractivity contribution in [3.8, 4) is 6.07 Å². The number of nitrogens with one attached hydrogen (secondary N) is 1. The largest absolute Gasteiger partial charge is 0.481 e. The molecule has 3 rings (SSSR count). The molecule has 0 spiro atoms. The zero-order valence-corrected chi connectivity index (χ0v) is 19.5. The number of rotatable bonds is 9. The first-order valence-corrected chi connectivity index (χ1v) is 10.5. The lowest BCUT2D eigenvalue weighted by atomic mass is 9.95. The molecule has 2 N–H and O–H groups in total. The first-order valence-electron chi connectivity index (χ1n) is 10.5. The van der Waals surface area contributed by atoms with E-state index in [1.165, 1.54) is 0 Å². The summed E-state index contributed by atoms with van der Waals surface area (Å²) in [6, 6.07) is 15.8. The van der Waals surface area contributed by atoms with Crippen molar-refractivity contribution >= 4 is 36.5 Å². The standard InChI is InChI=1S/C24H29N3O4.H2S/c1-3-21-16-31-11-10-27(21)23-9-6-18(19(15-30-2)13-24(28)29)12-22(23)26-20-7-4-17(14-25)5-8-20;/h4-9,12,19,21,26H,3,10-11,13,15-16H2,1-2H3,(H,28,29);1H2/t19-,21?;/m1./s1. The Balaban J connectivity index is 0.00000363. The molecule has 0 amide bonds. The molecule has 0 aliphatic carbocycles. The number of morpholine rings is 1. The van der Waals surface area contributed by atoms with Crippen LogP contribution in [0.3, 0.4) is 0 Å². The topological polar surface area (TPSA) is 94.8 Å². The number of hydrogen-bond acceptors (Lipinski definition) is 6. The second-order valence-electron chi connectivity index (χ2n) is 7.67. The van der Waals surface area contributed by atoms with E-state index in [9.17, 15) is 9.90 Å². The molecular formula is C24H31N3O4S. The molecule has 32 heavy (non-hydrogen) atoms. The minimum Gasteiger partial charge on any atom is -0.481 e. The van der Waals surface area contributed by atoms with Gasteiger partial charge in [-0.15, -0.1) is 0 Å². The van der Waals surface area contributed by atoms with E-state index in [-0.39, 0.29) is 31.9 Å². The number of ether oxygens (including phenoxy) is 2. The Kier molecular flexibility index (Phi) is 9.85. The van der Waals surface area contributed by atoms with Gasteiger partial charge < -0.3 is 24.8 Å². The minimum atomic E-state index is -0.855. The van der Waals surface area contributed by atoms with E-state index >= 15 is 0 Å². The molecule has 1 aliphatic heterocycles. The summed E-state index contributed by atoms with van der Waals surface area (Å²) in [6.07, 6.45) is 0.960. The minimum absolute atomic E-state index is 0. The molecule has 1 unspecified atom stereocenters. The summed E-state index contributed by atoms with van der Waals surface area (Å²) >= 11 is 0. The number of nitrogens with zero attached hydrogens (tertiary/aromatic N) is 2. The predicted octanol–water partition coefficient (Wildman–Crippen LogP) is 4.23. The molecule has 2 atom stereocenters. The molecule has 7 nitrogen and oxygen atoms in total. The Morgan fingerprint density at radius 3 is 2.72 bits per heavy atom. The van der Waals surface area contributed by atoms with Gasteiger partial charge in [0.2, 0.25) is 0 Å². The Morgan fingerprint density at radius 1 is 1.34 bits per heavy atom. The maximum Gasteiger partial charge on any atom is 0.304 e. The Bertz CT molecular complexity index is 930. The molecule has 0 aromatic heterocycles. The van der Waals surface area contributed by atoms with Gasteiger partial charge in [0.05, 0.1) is 55.3 Å². The van der Waals surface area contributed by atoms with Crippen molar-refractivity contribution < 1.29 is 19.4 Å². The molecule has 0 radical (unpaired) electrons. The molecule has 1 saturated heterocycles. The third kappa shape index (κ3) is 6.39. The highest BCUT2D eigenvalue weighted by atomic mass is 32.1. The maximum absolute atomic E-state index is 11.4. The Labute approximate surface area is 196 Å². The molecule has 1 fully saturated rings. The average molecular weight is 458 g/mol. The normalized spacial score (nSPS) is 16.5. The van der Waals surface area contributed by atoms with Crippen LogP contribution in [0.1, 0.15) is 36.8 Å². The van der Waals surface area contributed by atoms with Gasteiger partial charge in [0.25, 0.3) is 0 Å². The van der Waals surface area contributed by atoms with Crippen molar-refractivity contribution in [2.24, 2.45) is 0 Å². The van der Waals surface area contributed by atoms with Crippen molar-refractivity contribution in [3.05, 3.63) is 53.6 Å². The second-order valence-corrected chi connectivity index (χ2v) is 7.67. The number of benzene rings is 2. The van der Waals surface area contributed by atoms with Gasteiger partial charge in [-0.1, -0.05) is 13.0 Å². The number of methoxy groups -OCH3 is 1. The van der Waals surface area contributed by atoms with Crippen LogP contribution in [-0.4, -0.2) is 50.6 Å². The Morgan fingerprint density at radius 2 is 2.09 bits per heavy atom. The van der Waals surface area contributed by atoms with Gasteiger partial charge in [-0.25, -0.2) is 0 Å². The van der Waals surface area contributed by atoms with Crippen LogP contribution in [0, 0.1) is 11.3 Å². The van der Waals surface area contributed by atoms with Gasteiger partial charge in [-0.3, -0.25) is 4.79 Å². The fraction of sp³-hybridized carbons (Fsp3) is 0.417. The van der Waals surface area contributed by atoms with Gasteiger partial charge in [-0.05, 0) is 48.4 Å². The number of carbonyl (C=O) groups is 1. The van der Waals surface area contributed by atoms with Crippen LogP contribution in [-0.2, 0) is 14.3 Å². The number of carboxylic acids is 1. The molecule has 2 aromatic rings. The van der Waals surface area contributed by atoms with E-state index in [1.807, 2.05) is 24.3 Å². The fourth-order valence-electron chi connectivity index (χ4n) is 3.94. The van der Waals surface area contributed by atoms with Crippen LogP contribution < -0.4 is 10.2 Å². The number of carboxylic acid groups (broad SMARTS) is 1. The van der Waals surface area contributed by atoms with Crippen LogP contribution in [0.15, 0.2) is 42.5 Å². The van der Waals surface area contributed by atoms with E-state index in [4.69, 9.17) is 14.7 Å². The van der Waals surface area contributed by atoms with E-state index in [0.29, 0.717) is 25.4 Å². The summed E-state index contributed by atoms with van der Waals surface area (Å²) in [5.74, 6) is -1.10. The average Bonchev–Trinajstić information content (AvgIpc) is 2.79. The Hall–Kier alpha value is -2.73. The smallest absolute Gasteiger partial charge is 0.304 e. The number of hydrogen-bond donors (Lipinski definition) is 2.